The highest BCUT2D eigenvalue weighted by Crippen LogP contribution is 2.33. The molecule has 132 valence electrons. The van der Waals surface area contributed by atoms with Crippen molar-refractivity contribution in [2.75, 3.05) is 11.4 Å². The number of nitrogens with zero attached hydrogens (tertiary/aromatic N) is 2. The van der Waals surface area contributed by atoms with Crippen LogP contribution in [0, 0.1) is 5.92 Å². The molecule has 0 bridgehead atoms. The van der Waals surface area contributed by atoms with E-state index in [9.17, 15) is 9.59 Å². The van der Waals surface area contributed by atoms with Gasteiger partial charge in [0.1, 0.15) is 5.52 Å². The number of halogens is 2. The van der Waals surface area contributed by atoms with Crippen molar-refractivity contribution in [1.82, 2.24) is 4.98 Å². The monoisotopic (exact) mass is 389 g/mol. The van der Waals surface area contributed by atoms with Gasteiger partial charge in [-0.2, -0.15) is 0 Å². The zero-order valence-electron chi connectivity index (χ0n) is 13.4. The van der Waals surface area contributed by atoms with Crippen molar-refractivity contribution in [2.24, 2.45) is 11.7 Å². The number of carbonyl (C=O) groups excluding carboxylic acids is 2. The molecule has 8 heteroatoms. The van der Waals surface area contributed by atoms with E-state index in [0.29, 0.717) is 39.3 Å². The lowest BCUT2D eigenvalue weighted by atomic mass is 10.1. The number of hydrogen-bond donors (Lipinski definition) is 1. The fraction of sp³-hybridized carbons (Fsp3) is 0.167. The predicted octanol–water partition coefficient (Wildman–Crippen LogP) is 3.64. The second-order valence-electron chi connectivity index (χ2n) is 6.11. The van der Waals surface area contributed by atoms with Crippen molar-refractivity contribution in [1.29, 1.82) is 0 Å². The normalized spacial score (nSPS) is 17.2. The van der Waals surface area contributed by atoms with Crippen molar-refractivity contribution >= 4 is 51.8 Å². The van der Waals surface area contributed by atoms with Crippen LogP contribution in [0.3, 0.4) is 0 Å². The molecule has 2 aromatic carbocycles. The van der Waals surface area contributed by atoms with Crippen LogP contribution in [-0.4, -0.2) is 23.3 Å². The van der Waals surface area contributed by atoms with E-state index in [1.807, 2.05) is 0 Å². The molecule has 3 aromatic rings. The molecule has 1 aromatic heterocycles. The van der Waals surface area contributed by atoms with Crippen LogP contribution in [0.25, 0.3) is 22.6 Å². The van der Waals surface area contributed by atoms with Crippen LogP contribution in [0.4, 0.5) is 5.69 Å². The maximum Gasteiger partial charge on any atom is 0.227 e. The molecule has 0 spiro atoms. The van der Waals surface area contributed by atoms with E-state index in [2.05, 4.69) is 4.98 Å². The Kier molecular flexibility index (Phi) is 4.09. The smallest absolute Gasteiger partial charge is 0.227 e. The number of amides is 2. The number of rotatable bonds is 3. The van der Waals surface area contributed by atoms with Crippen LogP contribution in [-0.2, 0) is 9.59 Å². The molecule has 6 nitrogen and oxygen atoms in total. The van der Waals surface area contributed by atoms with Gasteiger partial charge in [0, 0.05) is 29.2 Å². The summed E-state index contributed by atoms with van der Waals surface area (Å²) in [5.41, 5.74) is 7.76. The van der Waals surface area contributed by atoms with Gasteiger partial charge in [-0.05, 0) is 36.4 Å². The maximum atomic E-state index is 12.1. The number of aromatic nitrogens is 1. The molecule has 1 atom stereocenters. The molecule has 1 unspecified atom stereocenters. The van der Waals surface area contributed by atoms with Crippen molar-refractivity contribution in [2.45, 2.75) is 6.42 Å². The Labute approximate surface area is 158 Å². The highest BCUT2D eigenvalue weighted by Gasteiger charge is 2.33. The Balaban J connectivity index is 1.63. The van der Waals surface area contributed by atoms with Gasteiger partial charge in [-0.25, -0.2) is 4.98 Å². The van der Waals surface area contributed by atoms with Crippen molar-refractivity contribution in [3.05, 3.63) is 46.4 Å². The minimum atomic E-state index is -0.459. The molecule has 1 aliphatic rings. The molecule has 1 fully saturated rings. The van der Waals surface area contributed by atoms with Gasteiger partial charge >= 0.3 is 0 Å². The summed E-state index contributed by atoms with van der Waals surface area (Å²) in [5, 5.41) is 0.872. The summed E-state index contributed by atoms with van der Waals surface area (Å²) < 4.78 is 5.73. The van der Waals surface area contributed by atoms with Crippen LogP contribution >= 0.6 is 23.2 Å². The molecule has 4 rings (SSSR count). The number of hydrogen-bond acceptors (Lipinski definition) is 4. The minimum Gasteiger partial charge on any atom is -0.435 e. The van der Waals surface area contributed by atoms with Crippen LogP contribution in [0.1, 0.15) is 6.42 Å². The third-order valence-corrected chi connectivity index (χ3v) is 4.86. The number of benzene rings is 2. The SMILES string of the molecule is NC(=O)C1CC(=O)N(c2ccc(-c3nc4cc(Cl)cc(Cl)c4o3)cc2)C1. The number of fused-ring (bicyclic) bond motifs is 1. The second-order valence-corrected chi connectivity index (χ2v) is 6.95. The molecule has 1 aliphatic heterocycles. The van der Waals surface area contributed by atoms with Crippen LogP contribution in [0.2, 0.25) is 10.0 Å². The van der Waals surface area contributed by atoms with E-state index in [1.165, 1.54) is 0 Å². The summed E-state index contributed by atoms with van der Waals surface area (Å²) in [5.74, 6) is -0.631. The molecule has 0 saturated carbocycles. The third kappa shape index (κ3) is 2.91. The second kappa shape index (κ2) is 6.30. The molecular formula is C18H13Cl2N3O3. The zero-order chi connectivity index (χ0) is 18.4. The quantitative estimate of drug-likeness (QED) is 0.740. The van der Waals surface area contributed by atoms with Gasteiger partial charge < -0.3 is 15.1 Å². The van der Waals surface area contributed by atoms with Gasteiger partial charge in [-0.15, -0.1) is 0 Å². The van der Waals surface area contributed by atoms with Crippen molar-refractivity contribution in [3.63, 3.8) is 0 Å². The molecule has 2 heterocycles. The molecular weight excluding hydrogens is 377 g/mol. The van der Waals surface area contributed by atoms with Gasteiger partial charge in [0.25, 0.3) is 0 Å². The van der Waals surface area contributed by atoms with Gasteiger partial charge in [0.05, 0.1) is 10.9 Å². The van der Waals surface area contributed by atoms with E-state index >= 15 is 0 Å². The molecule has 1 saturated heterocycles. The van der Waals surface area contributed by atoms with Gasteiger partial charge in [0.2, 0.25) is 17.7 Å². The first-order valence-corrected chi connectivity index (χ1v) is 8.63. The summed E-state index contributed by atoms with van der Waals surface area (Å²) in [6.45, 7) is 0.296. The minimum absolute atomic E-state index is 0.121. The predicted molar refractivity (Wildman–Crippen MR) is 99.1 cm³/mol. The standard InChI is InChI=1S/C18H13Cl2N3O3/c19-11-6-13(20)16-14(7-11)22-18(26-16)9-1-3-12(4-2-9)23-8-10(17(21)25)5-15(23)24/h1-4,6-7,10H,5,8H2,(H2,21,25). The van der Waals surface area contributed by atoms with E-state index < -0.39 is 11.8 Å². The fourth-order valence-electron chi connectivity index (χ4n) is 3.01. The Bertz CT molecular complexity index is 1030. The Hall–Kier alpha value is -2.57. The van der Waals surface area contributed by atoms with Gasteiger partial charge in [-0.3, -0.25) is 9.59 Å². The number of carbonyl (C=O) groups is 2. The molecule has 26 heavy (non-hydrogen) atoms. The Morgan fingerprint density at radius 1 is 1.23 bits per heavy atom. The lowest BCUT2D eigenvalue weighted by Crippen LogP contribution is -2.28. The lowest BCUT2D eigenvalue weighted by molar-refractivity contribution is -0.123. The lowest BCUT2D eigenvalue weighted by Gasteiger charge is -2.16. The first kappa shape index (κ1) is 16.9. The molecule has 0 radical (unpaired) electrons. The maximum absolute atomic E-state index is 12.1. The highest BCUT2D eigenvalue weighted by atomic mass is 35.5. The number of oxazole rings is 1. The summed E-state index contributed by atoms with van der Waals surface area (Å²) in [6.07, 6.45) is 0.140. The average molecular weight is 390 g/mol. The average Bonchev–Trinajstić information content (AvgIpc) is 3.19. The Morgan fingerprint density at radius 3 is 2.62 bits per heavy atom. The summed E-state index contributed by atoms with van der Waals surface area (Å²) in [7, 11) is 0. The zero-order valence-corrected chi connectivity index (χ0v) is 14.9. The summed E-state index contributed by atoms with van der Waals surface area (Å²) in [6, 6.07) is 10.4. The van der Waals surface area contributed by atoms with E-state index in [0.717, 1.165) is 5.56 Å². The van der Waals surface area contributed by atoms with E-state index in [-0.39, 0.29) is 12.3 Å². The van der Waals surface area contributed by atoms with Gasteiger partial charge in [0.15, 0.2) is 5.58 Å². The van der Waals surface area contributed by atoms with Crippen LogP contribution < -0.4 is 10.6 Å². The molecule has 0 aliphatic carbocycles. The first-order valence-electron chi connectivity index (χ1n) is 7.88. The topological polar surface area (TPSA) is 89.4 Å². The molecule has 2 amide bonds. The summed E-state index contributed by atoms with van der Waals surface area (Å²) >= 11 is 12.1. The number of anilines is 1. The first-order chi connectivity index (χ1) is 12.4. The van der Waals surface area contributed by atoms with Crippen molar-refractivity contribution in [3.8, 4) is 11.5 Å². The highest BCUT2D eigenvalue weighted by molar-refractivity contribution is 6.38. The largest absolute Gasteiger partial charge is 0.435 e. The number of primary amides is 1. The van der Waals surface area contributed by atoms with Crippen LogP contribution in [0.15, 0.2) is 40.8 Å². The summed E-state index contributed by atoms with van der Waals surface area (Å²) in [4.78, 5) is 29.4. The van der Waals surface area contributed by atoms with E-state index in [1.54, 1.807) is 41.3 Å². The van der Waals surface area contributed by atoms with Gasteiger partial charge in [-0.1, -0.05) is 23.2 Å². The van der Waals surface area contributed by atoms with Crippen LogP contribution in [0.5, 0.6) is 0 Å². The fourth-order valence-corrected chi connectivity index (χ4v) is 3.54. The number of nitrogens with two attached hydrogens (primary N) is 1. The Morgan fingerprint density at radius 2 is 1.96 bits per heavy atom. The third-order valence-electron chi connectivity index (χ3n) is 4.36. The van der Waals surface area contributed by atoms with Crippen molar-refractivity contribution < 1.29 is 14.0 Å². The van der Waals surface area contributed by atoms with E-state index in [4.69, 9.17) is 33.4 Å². The molecule has 2 N–H and O–H groups in total.